The zero-order valence-electron chi connectivity index (χ0n) is 15.5. The number of carbonyl (C=O) groups is 1. The van der Waals surface area contributed by atoms with Crippen molar-refractivity contribution in [2.24, 2.45) is 0 Å². The Morgan fingerprint density at radius 3 is 2.61 bits per heavy atom. The smallest absolute Gasteiger partial charge is 0.252 e. The lowest BCUT2D eigenvalue weighted by Crippen LogP contribution is -2.35. The standard InChI is InChI=1S/C19H22ClFN2O3S2/c1-22(13-15-16(20)6-5-7-17(15)21)18(24)12-14-8-9-19(27-14)28(25,26)23-10-3-2-4-11-23/h5-9H,2-4,10-13H2,1H3. The molecule has 1 aliphatic heterocycles. The number of sulfonamides is 1. The maximum atomic E-state index is 13.9. The number of carbonyl (C=O) groups excluding carboxylic acids is 1. The fourth-order valence-corrected chi connectivity index (χ4v) is 6.36. The summed E-state index contributed by atoms with van der Waals surface area (Å²) in [5, 5.41) is 0.269. The number of benzene rings is 1. The van der Waals surface area contributed by atoms with E-state index in [1.165, 1.54) is 21.3 Å². The zero-order chi connectivity index (χ0) is 20.3. The Hall–Kier alpha value is -1.48. The zero-order valence-corrected chi connectivity index (χ0v) is 17.9. The van der Waals surface area contributed by atoms with Gasteiger partial charge in [-0.05, 0) is 37.1 Å². The van der Waals surface area contributed by atoms with Crippen molar-refractivity contribution in [1.82, 2.24) is 9.21 Å². The molecule has 1 fully saturated rings. The van der Waals surface area contributed by atoms with Crippen LogP contribution in [0.5, 0.6) is 0 Å². The van der Waals surface area contributed by atoms with Crippen LogP contribution in [0.4, 0.5) is 4.39 Å². The van der Waals surface area contributed by atoms with Gasteiger partial charge in [0.2, 0.25) is 5.91 Å². The Bertz CT molecular complexity index is 936. The lowest BCUT2D eigenvalue weighted by atomic mass is 10.2. The number of rotatable bonds is 6. The highest BCUT2D eigenvalue weighted by molar-refractivity contribution is 7.91. The highest BCUT2D eigenvalue weighted by atomic mass is 35.5. The first-order valence-electron chi connectivity index (χ1n) is 9.05. The number of piperidine rings is 1. The van der Waals surface area contributed by atoms with E-state index in [0.29, 0.717) is 18.0 Å². The van der Waals surface area contributed by atoms with Gasteiger partial charge in [-0.1, -0.05) is 24.1 Å². The van der Waals surface area contributed by atoms with Crippen molar-refractivity contribution in [3.8, 4) is 0 Å². The minimum atomic E-state index is -3.50. The molecule has 1 saturated heterocycles. The SMILES string of the molecule is CN(Cc1c(F)cccc1Cl)C(=O)Cc1ccc(S(=O)(=O)N2CCCCC2)s1. The molecular weight excluding hydrogens is 423 g/mol. The Morgan fingerprint density at radius 2 is 1.93 bits per heavy atom. The second-order valence-electron chi connectivity index (χ2n) is 6.81. The van der Waals surface area contributed by atoms with Crippen LogP contribution in [0.25, 0.3) is 0 Å². The van der Waals surface area contributed by atoms with E-state index in [2.05, 4.69) is 0 Å². The first-order chi connectivity index (χ1) is 13.3. The minimum Gasteiger partial charge on any atom is -0.341 e. The third-order valence-electron chi connectivity index (χ3n) is 4.75. The number of halogens is 2. The Kier molecular flexibility index (Phi) is 6.75. The third-order valence-corrected chi connectivity index (χ3v) is 8.56. The average molecular weight is 445 g/mol. The number of amides is 1. The summed E-state index contributed by atoms with van der Waals surface area (Å²) in [5.74, 6) is -0.693. The molecule has 0 radical (unpaired) electrons. The van der Waals surface area contributed by atoms with Crippen molar-refractivity contribution in [2.45, 2.75) is 36.4 Å². The van der Waals surface area contributed by atoms with Crippen molar-refractivity contribution < 1.29 is 17.6 Å². The summed E-state index contributed by atoms with van der Waals surface area (Å²) in [7, 11) is -1.92. The topological polar surface area (TPSA) is 57.7 Å². The first kappa shape index (κ1) is 21.2. The molecule has 0 saturated carbocycles. The van der Waals surface area contributed by atoms with Crippen LogP contribution in [-0.2, 0) is 27.8 Å². The van der Waals surface area contributed by atoms with Gasteiger partial charge in [-0.3, -0.25) is 4.79 Å². The minimum absolute atomic E-state index is 0.0502. The maximum Gasteiger partial charge on any atom is 0.252 e. The molecular formula is C19H22ClFN2O3S2. The molecule has 1 aliphatic rings. The van der Waals surface area contributed by atoms with Gasteiger partial charge in [0, 0.05) is 42.1 Å². The maximum absolute atomic E-state index is 13.9. The molecule has 9 heteroatoms. The van der Waals surface area contributed by atoms with Gasteiger partial charge in [0.1, 0.15) is 10.0 Å². The van der Waals surface area contributed by atoms with Crippen LogP contribution in [0.15, 0.2) is 34.5 Å². The lowest BCUT2D eigenvalue weighted by molar-refractivity contribution is -0.129. The first-order valence-corrected chi connectivity index (χ1v) is 11.7. The summed E-state index contributed by atoms with van der Waals surface area (Å²) in [5.41, 5.74) is 0.263. The monoisotopic (exact) mass is 444 g/mol. The van der Waals surface area contributed by atoms with Gasteiger partial charge in [-0.15, -0.1) is 11.3 Å². The van der Waals surface area contributed by atoms with Crippen molar-refractivity contribution in [2.75, 3.05) is 20.1 Å². The van der Waals surface area contributed by atoms with Crippen molar-refractivity contribution in [3.63, 3.8) is 0 Å². The summed E-state index contributed by atoms with van der Waals surface area (Å²) in [6.45, 7) is 1.13. The predicted molar refractivity (Wildman–Crippen MR) is 109 cm³/mol. The number of hydrogen-bond donors (Lipinski definition) is 0. The lowest BCUT2D eigenvalue weighted by Gasteiger charge is -2.25. The third kappa shape index (κ3) is 4.74. The molecule has 28 heavy (non-hydrogen) atoms. The molecule has 0 unspecified atom stereocenters. The molecule has 5 nitrogen and oxygen atoms in total. The molecule has 152 valence electrons. The van der Waals surface area contributed by atoms with Crippen LogP contribution < -0.4 is 0 Å². The molecule has 1 amide bonds. The Morgan fingerprint density at radius 1 is 1.21 bits per heavy atom. The predicted octanol–water partition coefficient (Wildman–Crippen LogP) is 3.92. The molecule has 2 aromatic rings. The van der Waals surface area contributed by atoms with Crippen LogP contribution in [0, 0.1) is 5.82 Å². The Labute approximate surface area is 173 Å². The molecule has 1 aromatic heterocycles. The van der Waals surface area contributed by atoms with Crippen molar-refractivity contribution in [1.29, 1.82) is 0 Å². The largest absolute Gasteiger partial charge is 0.341 e. The van der Waals surface area contributed by atoms with Gasteiger partial charge >= 0.3 is 0 Å². The molecule has 0 atom stereocenters. The normalized spacial score (nSPS) is 15.5. The summed E-state index contributed by atoms with van der Waals surface area (Å²) >= 11 is 7.13. The summed E-state index contributed by atoms with van der Waals surface area (Å²) in [4.78, 5) is 14.6. The molecule has 2 heterocycles. The van der Waals surface area contributed by atoms with Gasteiger partial charge in [0.05, 0.1) is 6.42 Å². The second kappa shape index (κ2) is 8.90. The molecule has 3 rings (SSSR count). The van der Waals surface area contributed by atoms with E-state index in [-0.39, 0.29) is 33.7 Å². The molecule has 0 aliphatic carbocycles. The summed E-state index contributed by atoms with van der Waals surface area (Å²) in [6, 6.07) is 7.62. The van der Waals surface area contributed by atoms with Crippen molar-refractivity contribution in [3.05, 3.63) is 51.6 Å². The van der Waals surface area contributed by atoms with Gasteiger partial charge < -0.3 is 4.90 Å². The fraction of sp³-hybridized carbons (Fsp3) is 0.421. The summed E-state index contributed by atoms with van der Waals surface area (Å²) < 4.78 is 41.1. The molecule has 0 spiro atoms. The fourth-order valence-electron chi connectivity index (χ4n) is 3.12. The van der Waals surface area contributed by atoms with E-state index in [1.807, 2.05) is 0 Å². The van der Waals surface area contributed by atoms with Crippen LogP contribution in [0.2, 0.25) is 5.02 Å². The van der Waals surface area contributed by atoms with Gasteiger partial charge in [0.25, 0.3) is 10.0 Å². The van der Waals surface area contributed by atoms with Crippen LogP contribution in [0.1, 0.15) is 29.7 Å². The number of nitrogens with zero attached hydrogens (tertiary/aromatic N) is 2. The van der Waals surface area contributed by atoms with Gasteiger partial charge in [-0.25, -0.2) is 12.8 Å². The van der Waals surface area contributed by atoms with E-state index in [1.54, 1.807) is 25.2 Å². The van der Waals surface area contributed by atoms with E-state index >= 15 is 0 Å². The average Bonchev–Trinajstić information content (AvgIpc) is 3.14. The molecule has 1 aromatic carbocycles. The number of likely N-dealkylation sites (N-methyl/N-ethyl adjacent to an activating group) is 1. The van der Waals surface area contributed by atoms with Crippen molar-refractivity contribution >= 4 is 38.9 Å². The molecule has 0 bridgehead atoms. The van der Waals surface area contributed by atoms with Crippen LogP contribution in [-0.4, -0.2) is 43.7 Å². The molecule has 0 N–H and O–H groups in total. The van der Waals surface area contributed by atoms with E-state index in [4.69, 9.17) is 11.6 Å². The number of thiophene rings is 1. The highest BCUT2D eigenvalue weighted by Gasteiger charge is 2.27. The quantitative estimate of drug-likeness (QED) is 0.678. The highest BCUT2D eigenvalue weighted by Crippen LogP contribution is 2.28. The van der Waals surface area contributed by atoms with Gasteiger partial charge in [-0.2, -0.15) is 4.31 Å². The summed E-state index contributed by atoms with van der Waals surface area (Å²) in [6.07, 6.45) is 2.86. The van der Waals surface area contributed by atoms with Crippen LogP contribution in [0.3, 0.4) is 0 Å². The van der Waals surface area contributed by atoms with E-state index in [9.17, 15) is 17.6 Å². The second-order valence-corrected chi connectivity index (χ2v) is 10.6. The van der Waals surface area contributed by atoms with Crippen LogP contribution >= 0.6 is 22.9 Å². The van der Waals surface area contributed by atoms with Gasteiger partial charge in [0.15, 0.2) is 0 Å². The van der Waals surface area contributed by atoms with E-state index in [0.717, 1.165) is 30.6 Å². The number of hydrogen-bond acceptors (Lipinski definition) is 4. The Balaban J connectivity index is 1.66. The van der Waals surface area contributed by atoms with E-state index < -0.39 is 15.8 Å².